The number of nitro groups is 1. The third-order valence-electron chi connectivity index (χ3n) is 3.15. The van der Waals surface area contributed by atoms with Crippen molar-refractivity contribution >= 4 is 11.6 Å². The molecule has 0 heterocycles. The molecule has 0 bridgehead atoms. The summed E-state index contributed by atoms with van der Waals surface area (Å²) in [7, 11) is 0. The van der Waals surface area contributed by atoms with E-state index < -0.39 is 10.8 Å². The van der Waals surface area contributed by atoms with Gasteiger partial charge in [0, 0.05) is 17.7 Å². The largest absolute Gasteiger partial charge is 0.491 e. The number of nitrogens with two attached hydrogens (primary N) is 1. The van der Waals surface area contributed by atoms with E-state index in [9.17, 15) is 14.9 Å². The van der Waals surface area contributed by atoms with Crippen molar-refractivity contribution in [1.82, 2.24) is 0 Å². The average Bonchev–Trinajstić information content (AvgIpc) is 2.53. The van der Waals surface area contributed by atoms with Gasteiger partial charge < -0.3 is 15.2 Å². The number of hydrogen-bond acceptors (Lipinski definition) is 5. The Balaban J connectivity index is 2.29. The summed E-state index contributed by atoms with van der Waals surface area (Å²) in [5, 5.41) is 11.0. The average molecular weight is 330 g/mol. The lowest BCUT2D eigenvalue weighted by atomic mass is 10.1. The first kappa shape index (κ1) is 17.3. The molecular weight excluding hydrogens is 312 g/mol. The second kappa shape index (κ2) is 7.45. The van der Waals surface area contributed by atoms with E-state index in [1.165, 1.54) is 18.2 Å². The molecule has 0 spiro atoms. The number of benzene rings is 2. The smallest absolute Gasteiger partial charge is 0.270 e. The Morgan fingerprint density at radius 2 is 1.92 bits per heavy atom. The molecule has 0 aliphatic rings. The van der Waals surface area contributed by atoms with E-state index in [4.69, 9.17) is 15.2 Å². The number of carbonyl (C=O) groups excluding carboxylic acids is 1. The second-order valence-corrected chi connectivity index (χ2v) is 5.36. The molecule has 7 nitrogen and oxygen atoms in total. The van der Waals surface area contributed by atoms with Crippen molar-refractivity contribution < 1.29 is 19.2 Å². The Morgan fingerprint density at radius 3 is 2.54 bits per heavy atom. The monoisotopic (exact) mass is 330 g/mol. The topological polar surface area (TPSA) is 105 Å². The SMILES string of the molecule is CC(C)Oc1ccc([N+](=O)[O-])cc1COc1ccccc1C(N)=O. The summed E-state index contributed by atoms with van der Waals surface area (Å²) >= 11 is 0. The van der Waals surface area contributed by atoms with Gasteiger partial charge in [0.25, 0.3) is 11.6 Å². The normalized spacial score (nSPS) is 10.5. The standard InChI is InChI=1S/C17H18N2O5/c1-11(2)24-15-8-7-13(19(21)22)9-12(15)10-23-16-6-4-3-5-14(16)17(18)20/h3-9,11H,10H2,1-2H3,(H2,18,20). The number of nitro benzene ring substituents is 1. The Morgan fingerprint density at radius 1 is 1.21 bits per heavy atom. The summed E-state index contributed by atoms with van der Waals surface area (Å²) in [4.78, 5) is 21.9. The molecule has 7 heteroatoms. The Kier molecular flexibility index (Phi) is 5.36. The van der Waals surface area contributed by atoms with Crippen LogP contribution in [0.1, 0.15) is 29.8 Å². The minimum Gasteiger partial charge on any atom is -0.491 e. The summed E-state index contributed by atoms with van der Waals surface area (Å²) in [6.07, 6.45) is -0.0943. The lowest BCUT2D eigenvalue weighted by Crippen LogP contribution is -2.13. The zero-order valence-electron chi connectivity index (χ0n) is 13.4. The first-order chi connectivity index (χ1) is 11.4. The van der Waals surface area contributed by atoms with Crippen LogP contribution in [0.15, 0.2) is 42.5 Å². The first-order valence-electron chi connectivity index (χ1n) is 7.34. The van der Waals surface area contributed by atoms with Gasteiger partial charge in [0.05, 0.1) is 16.6 Å². The van der Waals surface area contributed by atoms with Crippen molar-refractivity contribution in [2.24, 2.45) is 5.73 Å². The maximum absolute atomic E-state index is 11.4. The fraction of sp³-hybridized carbons (Fsp3) is 0.235. The quantitative estimate of drug-likeness (QED) is 0.620. The highest BCUT2D eigenvalue weighted by atomic mass is 16.6. The maximum atomic E-state index is 11.4. The van der Waals surface area contributed by atoms with E-state index in [1.54, 1.807) is 24.3 Å². The lowest BCUT2D eigenvalue weighted by molar-refractivity contribution is -0.385. The molecule has 0 atom stereocenters. The van der Waals surface area contributed by atoms with Crippen LogP contribution in [0.25, 0.3) is 0 Å². The number of hydrogen-bond donors (Lipinski definition) is 1. The van der Waals surface area contributed by atoms with Crippen LogP contribution >= 0.6 is 0 Å². The maximum Gasteiger partial charge on any atom is 0.270 e. The molecule has 2 aromatic carbocycles. The zero-order chi connectivity index (χ0) is 17.7. The summed E-state index contributed by atoms with van der Waals surface area (Å²) in [6, 6.07) is 10.9. The van der Waals surface area contributed by atoms with Crippen LogP contribution in [0, 0.1) is 10.1 Å². The number of rotatable bonds is 7. The Bertz CT molecular complexity index is 758. The Hall–Kier alpha value is -3.09. The molecule has 2 aromatic rings. The number of para-hydroxylation sites is 1. The van der Waals surface area contributed by atoms with Crippen LogP contribution in [0.4, 0.5) is 5.69 Å². The van der Waals surface area contributed by atoms with Gasteiger partial charge in [0.1, 0.15) is 18.1 Å². The van der Waals surface area contributed by atoms with Gasteiger partial charge in [-0.05, 0) is 32.0 Å². The van der Waals surface area contributed by atoms with Gasteiger partial charge in [-0.15, -0.1) is 0 Å². The van der Waals surface area contributed by atoms with Gasteiger partial charge in [0.2, 0.25) is 0 Å². The van der Waals surface area contributed by atoms with Crippen molar-refractivity contribution in [1.29, 1.82) is 0 Å². The van der Waals surface area contributed by atoms with Gasteiger partial charge >= 0.3 is 0 Å². The molecule has 0 saturated heterocycles. The van der Waals surface area contributed by atoms with Crippen LogP contribution in [0.3, 0.4) is 0 Å². The summed E-state index contributed by atoms with van der Waals surface area (Å²) < 4.78 is 11.3. The molecule has 24 heavy (non-hydrogen) atoms. The van der Waals surface area contributed by atoms with Crippen molar-refractivity contribution in [3.05, 3.63) is 63.7 Å². The molecule has 2 N–H and O–H groups in total. The van der Waals surface area contributed by atoms with Gasteiger partial charge in [-0.2, -0.15) is 0 Å². The molecule has 2 rings (SSSR count). The molecule has 0 radical (unpaired) electrons. The minimum atomic E-state index is -0.608. The number of nitrogens with zero attached hydrogens (tertiary/aromatic N) is 1. The highest BCUT2D eigenvalue weighted by Crippen LogP contribution is 2.27. The summed E-state index contributed by atoms with van der Waals surface area (Å²) in [5.41, 5.74) is 6.00. The minimum absolute atomic E-state index is 0.00796. The van der Waals surface area contributed by atoms with Crippen molar-refractivity contribution in [3.8, 4) is 11.5 Å². The van der Waals surface area contributed by atoms with E-state index in [-0.39, 0.29) is 24.0 Å². The van der Waals surface area contributed by atoms with E-state index >= 15 is 0 Å². The number of ether oxygens (including phenoxy) is 2. The third kappa shape index (κ3) is 4.22. The van der Waals surface area contributed by atoms with Crippen LogP contribution in [-0.2, 0) is 6.61 Å². The van der Waals surface area contributed by atoms with Crippen LogP contribution in [0.2, 0.25) is 0 Å². The number of carbonyl (C=O) groups is 1. The molecule has 0 saturated carbocycles. The highest BCUT2D eigenvalue weighted by Gasteiger charge is 2.15. The Labute approximate surface area is 139 Å². The van der Waals surface area contributed by atoms with Crippen LogP contribution < -0.4 is 15.2 Å². The molecule has 1 amide bonds. The highest BCUT2D eigenvalue weighted by molar-refractivity contribution is 5.95. The molecule has 126 valence electrons. The van der Waals surface area contributed by atoms with E-state index in [0.29, 0.717) is 17.1 Å². The first-order valence-corrected chi connectivity index (χ1v) is 7.34. The van der Waals surface area contributed by atoms with Crippen molar-refractivity contribution in [3.63, 3.8) is 0 Å². The fourth-order valence-electron chi connectivity index (χ4n) is 2.11. The van der Waals surface area contributed by atoms with Crippen LogP contribution in [0.5, 0.6) is 11.5 Å². The molecule has 0 unspecified atom stereocenters. The molecular formula is C17H18N2O5. The predicted octanol–water partition coefficient (Wildman–Crippen LogP) is 3.06. The van der Waals surface area contributed by atoms with Crippen molar-refractivity contribution in [2.45, 2.75) is 26.6 Å². The second-order valence-electron chi connectivity index (χ2n) is 5.36. The van der Waals surface area contributed by atoms with Crippen molar-refractivity contribution in [2.75, 3.05) is 0 Å². The van der Waals surface area contributed by atoms with Gasteiger partial charge in [-0.1, -0.05) is 12.1 Å². The zero-order valence-corrected chi connectivity index (χ0v) is 13.4. The van der Waals surface area contributed by atoms with Gasteiger partial charge in [-0.25, -0.2) is 0 Å². The van der Waals surface area contributed by atoms with Gasteiger partial charge in [0.15, 0.2) is 0 Å². The lowest BCUT2D eigenvalue weighted by Gasteiger charge is -2.15. The van der Waals surface area contributed by atoms with E-state index in [0.717, 1.165) is 0 Å². The van der Waals surface area contributed by atoms with E-state index in [1.807, 2.05) is 13.8 Å². The van der Waals surface area contributed by atoms with Gasteiger partial charge in [-0.3, -0.25) is 14.9 Å². The number of non-ortho nitro benzene ring substituents is 1. The number of primary amides is 1. The fourth-order valence-corrected chi connectivity index (χ4v) is 2.11. The predicted molar refractivity (Wildman–Crippen MR) is 88.2 cm³/mol. The third-order valence-corrected chi connectivity index (χ3v) is 3.15. The van der Waals surface area contributed by atoms with E-state index in [2.05, 4.69) is 0 Å². The molecule has 0 aliphatic heterocycles. The van der Waals surface area contributed by atoms with Crippen LogP contribution in [-0.4, -0.2) is 16.9 Å². The summed E-state index contributed by atoms with van der Waals surface area (Å²) in [5.74, 6) is 0.197. The molecule has 0 aromatic heterocycles. The summed E-state index contributed by atoms with van der Waals surface area (Å²) in [6.45, 7) is 3.72. The number of amides is 1. The molecule has 0 aliphatic carbocycles. The molecule has 0 fully saturated rings.